The quantitative estimate of drug-likeness (QED) is 0.620. The van der Waals surface area contributed by atoms with E-state index in [-0.39, 0.29) is 5.56 Å². The molecule has 76 valence electrons. The van der Waals surface area contributed by atoms with Gasteiger partial charge in [0.05, 0.1) is 5.56 Å². The number of aromatic carboxylic acids is 1. The average molecular weight is 232 g/mol. The predicted molar refractivity (Wildman–Crippen MR) is 59.2 cm³/mol. The zero-order valence-corrected chi connectivity index (χ0v) is 9.15. The molecule has 0 radical (unpaired) electrons. The molecule has 1 aromatic carbocycles. The van der Waals surface area contributed by atoms with E-state index in [9.17, 15) is 4.79 Å². The van der Waals surface area contributed by atoms with Crippen LogP contribution < -0.4 is 5.73 Å². The Labute approximate surface area is 91.2 Å². The van der Waals surface area contributed by atoms with E-state index in [1.165, 1.54) is 17.8 Å². The van der Waals surface area contributed by atoms with Crippen molar-refractivity contribution in [3.05, 3.63) is 22.7 Å². The maximum Gasteiger partial charge on any atom is 0.336 e. The number of nitrogen functional groups attached to an aromatic ring is 1. The summed E-state index contributed by atoms with van der Waals surface area (Å²) in [6, 6.07) is 2.98. The third-order valence-electron chi connectivity index (χ3n) is 1.60. The van der Waals surface area contributed by atoms with Crippen molar-refractivity contribution >= 4 is 35.0 Å². The Bertz CT molecular complexity index is 368. The van der Waals surface area contributed by atoms with Crippen LogP contribution in [0, 0.1) is 0 Å². The van der Waals surface area contributed by atoms with Crippen LogP contribution in [-0.2, 0) is 0 Å². The van der Waals surface area contributed by atoms with Crippen molar-refractivity contribution in [3.63, 3.8) is 0 Å². The van der Waals surface area contributed by atoms with Crippen LogP contribution >= 0.6 is 23.4 Å². The van der Waals surface area contributed by atoms with Gasteiger partial charge in [0.15, 0.2) is 0 Å². The highest BCUT2D eigenvalue weighted by molar-refractivity contribution is 7.99. The molecular weight excluding hydrogens is 222 g/mol. The molecule has 0 spiro atoms. The number of carboxylic acids is 1. The van der Waals surface area contributed by atoms with Crippen LogP contribution in [0.2, 0.25) is 5.02 Å². The number of anilines is 1. The van der Waals surface area contributed by atoms with Gasteiger partial charge in [0.2, 0.25) is 0 Å². The van der Waals surface area contributed by atoms with Gasteiger partial charge >= 0.3 is 5.97 Å². The Morgan fingerprint density at radius 3 is 2.79 bits per heavy atom. The van der Waals surface area contributed by atoms with Crippen molar-refractivity contribution in [1.29, 1.82) is 0 Å². The lowest BCUT2D eigenvalue weighted by molar-refractivity contribution is 0.0693. The molecule has 0 bridgehead atoms. The number of hydrogen-bond donors (Lipinski definition) is 2. The fraction of sp³-hybridized carbons (Fsp3) is 0.222. The van der Waals surface area contributed by atoms with Gasteiger partial charge in [-0.05, 0) is 17.9 Å². The molecule has 0 fully saturated rings. The van der Waals surface area contributed by atoms with E-state index >= 15 is 0 Å². The Hall–Kier alpha value is -0.870. The molecule has 3 nitrogen and oxygen atoms in total. The fourth-order valence-corrected chi connectivity index (χ4v) is 2.12. The van der Waals surface area contributed by atoms with Crippen molar-refractivity contribution in [3.8, 4) is 0 Å². The minimum atomic E-state index is -1.00. The summed E-state index contributed by atoms with van der Waals surface area (Å²) >= 11 is 7.11. The molecule has 14 heavy (non-hydrogen) atoms. The van der Waals surface area contributed by atoms with Crippen LogP contribution in [0.4, 0.5) is 5.69 Å². The first kappa shape index (κ1) is 11.2. The predicted octanol–water partition coefficient (Wildman–Crippen LogP) is 2.73. The Morgan fingerprint density at radius 2 is 2.29 bits per heavy atom. The molecular formula is C9H10ClNO2S. The lowest BCUT2D eigenvalue weighted by Crippen LogP contribution is -2.02. The van der Waals surface area contributed by atoms with Crippen LogP contribution in [-0.4, -0.2) is 16.8 Å². The number of nitrogens with two attached hydrogens (primary N) is 1. The number of thioether (sulfide) groups is 1. The van der Waals surface area contributed by atoms with E-state index in [1.807, 2.05) is 6.92 Å². The first-order valence-corrected chi connectivity index (χ1v) is 5.37. The second-order valence-corrected chi connectivity index (χ2v) is 4.32. The van der Waals surface area contributed by atoms with Gasteiger partial charge in [0, 0.05) is 15.6 Å². The van der Waals surface area contributed by atoms with Gasteiger partial charge in [-0.3, -0.25) is 0 Å². The van der Waals surface area contributed by atoms with Gasteiger partial charge in [-0.2, -0.15) is 0 Å². The lowest BCUT2D eigenvalue weighted by atomic mass is 10.2. The largest absolute Gasteiger partial charge is 0.478 e. The lowest BCUT2D eigenvalue weighted by Gasteiger charge is -2.08. The second-order valence-electron chi connectivity index (χ2n) is 2.61. The topological polar surface area (TPSA) is 63.3 Å². The van der Waals surface area contributed by atoms with Gasteiger partial charge in [0.25, 0.3) is 0 Å². The minimum Gasteiger partial charge on any atom is -0.478 e. The van der Waals surface area contributed by atoms with Crippen LogP contribution in [0.1, 0.15) is 17.3 Å². The first-order valence-electron chi connectivity index (χ1n) is 4.01. The zero-order valence-electron chi connectivity index (χ0n) is 7.58. The number of halogens is 1. The third-order valence-corrected chi connectivity index (χ3v) is 2.85. The van der Waals surface area contributed by atoms with E-state index in [2.05, 4.69) is 0 Å². The summed E-state index contributed by atoms with van der Waals surface area (Å²) in [6.07, 6.45) is 0. The van der Waals surface area contributed by atoms with E-state index < -0.39 is 5.97 Å². The molecule has 0 aliphatic heterocycles. The molecule has 3 N–H and O–H groups in total. The molecule has 0 aromatic heterocycles. The van der Waals surface area contributed by atoms with Crippen LogP contribution in [0.5, 0.6) is 0 Å². The van der Waals surface area contributed by atoms with Crippen LogP contribution in [0.25, 0.3) is 0 Å². The normalized spacial score (nSPS) is 10.1. The SMILES string of the molecule is CCSc1c(N)cc(Cl)cc1C(=O)O. The molecule has 0 heterocycles. The van der Waals surface area contributed by atoms with Crippen molar-refractivity contribution in [2.75, 3.05) is 11.5 Å². The van der Waals surface area contributed by atoms with E-state index in [0.717, 1.165) is 5.75 Å². The van der Waals surface area contributed by atoms with E-state index in [4.69, 9.17) is 22.4 Å². The summed E-state index contributed by atoms with van der Waals surface area (Å²) < 4.78 is 0. The molecule has 5 heteroatoms. The summed E-state index contributed by atoms with van der Waals surface area (Å²) in [7, 11) is 0. The Kier molecular flexibility index (Phi) is 3.66. The van der Waals surface area contributed by atoms with E-state index in [0.29, 0.717) is 15.6 Å². The van der Waals surface area contributed by atoms with Gasteiger partial charge in [-0.25, -0.2) is 4.79 Å². The molecule has 1 aromatic rings. The number of carboxylic acid groups (broad SMARTS) is 1. The monoisotopic (exact) mass is 231 g/mol. The molecule has 0 aliphatic rings. The molecule has 1 rings (SSSR count). The van der Waals surface area contributed by atoms with Crippen molar-refractivity contribution < 1.29 is 9.90 Å². The van der Waals surface area contributed by atoms with Gasteiger partial charge in [0.1, 0.15) is 0 Å². The highest BCUT2D eigenvalue weighted by Gasteiger charge is 2.14. The molecule has 0 atom stereocenters. The molecule has 0 amide bonds. The summed E-state index contributed by atoms with van der Waals surface area (Å²) in [5, 5.41) is 9.26. The van der Waals surface area contributed by atoms with Crippen molar-refractivity contribution in [2.45, 2.75) is 11.8 Å². The third kappa shape index (κ3) is 2.33. The number of hydrogen-bond acceptors (Lipinski definition) is 3. The molecule has 0 saturated carbocycles. The Morgan fingerprint density at radius 1 is 1.64 bits per heavy atom. The highest BCUT2D eigenvalue weighted by atomic mass is 35.5. The number of rotatable bonds is 3. The number of carbonyl (C=O) groups is 1. The standard InChI is InChI=1S/C9H10ClNO2S/c1-2-14-8-6(9(12)13)3-5(10)4-7(8)11/h3-4H,2,11H2,1H3,(H,12,13). The second kappa shape index (κ2) is 4.57. The van der Waals surface area contributed by atoms with Crippen molar-refractivity contribution in [2.24, 2.45) is 0 Å². The fourth-order valence-electron chi connectivity index (χ4n) is 1.08. The summed E-state index contributed by atoms with van der Waals surface area (Å²) in [6.45, 7) is 1.93. The number of benzene rings is 1. The molecule has 0 aliphatic carbocycles. The summed E-state index contributed by atoms with van der Waals surface area (Å²) in [4.78, 5) is 11.5. The van der Waals surface area contributed by atoms with Gasteiger partial charge < -0.3 is 10.8 Å². The maximum absolute atomic E-state index is 10.9. The zero-order chi connectivity index (χ0) is 10.7. The van der Waals surface area contributed by atoms with Gasteiger partial charge in [-0.15, -0.1) is 11.8 Å². The minimum absolute atomic E-state index is 0.168. The maximum atomic E-state index is 10.9. The summed E-state index contributed by atoms with van der Waals surface area (Å²) in [5.41, 5.74) is 6.26. The highest BCUT2D eigenvalue weighted by Crippen LogP contribution is 2.31. The van der Waals surface area contributed by atoms with Crippen molar-refractivity contribution in [1.82, 2.24) is 0 Å². The first-order chi connectivity index (χ1) is 6.56. The summed E-state index contributed by atoms with van der Waals surface area (Å²) in [5.74, 6) is -0.235. The molecule has 0 saturated heterocycles. The Balaban J connectivity index is 3.28. The average Bonchev–Trinajstić information content (AvgIpc) is 2.09. The molecule has 0 unspecified atom stereocenters. The van der Waals surface area contributed by atoms with Gasteiger partial charge in [-0.1, -0.05) is 18.5 Å². The van der Waals surface area contributed by atoms with E-state index in [1.54, 1.807) is 6.07 Å². The van der Waals surface area contributed by atoms with Crippen LogP contribution in [0.15, 0.2) is 17.0 Å². The smallest absolute Gasteiger partial charge is 0.336 e. The van der Waals surface area contributed by atoms with Crippen LogP contribution in [0.3, 0.4) is 0 Å².